The van der Waals surface area contributed by atoms with Crippen LogP contribution < -0.4 is 5.32 Å². The summed E-state index contributed by atoms with van der Waals surface area (Å²) in [7, 11) is 0. The highest BCUT2D eigenvalue weighted by Gasteiger charge is 2.07. The third kappa shape index (κ3) is 2.62. The molecule has 0 saturated heterocycles. The van der Waals surface area contributed by atoms with Gasteiger partial charge in [0.2, 0.25) is 0 Å². The third-order valence-electron chi connectivity index (χ3n) is 3.27. The molecule has 0 fully saturated rings. The van der Waals surface area contributed by atoms with Crippen LogP contribution in [0.2, 0.25) is 0 Å². The van der Waals surface area contributed by atoms with Crippen LogP contribution >= 0.6 is 0 Å². The summed E-state index contributed by atoms with van der Waals surface area (Å²) in [6.07, 6.45) is 3.02. The smallest absolute Gasteiger partial charge is 0.0648 e. The van der Waals surface area contributed by atoms with Crippen LogP contribution in [0.5, 0.6) is 0 Å². The van der Waals surface area contributed by atoms with Gasteiger partial charge in [-0.05, 0) is 37.6 Å². The van der Waals surface area contributed by atoms with Crippen LogP contribution in [0, 0.1) is 6.92 Å². The van der Waals surface area contributed by atoms with Gasteiger partial charge in [-0.1, -0.05) is 26.0 Å². The van der Waals surface area contributed by atoms with Crippen molar-refractivity contribution >= 4 is 0 Å². The topological polar surface area (TPSA) is 29.9 Å². The second-order valence-corrected chi connectivity index (χ2v) is 4.47. The zero-order valence-electron chi connectivity index (χ0n) is 11.4. The molecule has 0 bridgehead atoms. The summed E-state index contributed by atoms with van der Waals surface area (Å²) >= 11 is 0. The Morgan fingerprint density at radius 3 is 2.50 bits per heavy atom. The molecule has 0 saturated carbocycles. The molecular formula is C15H21N3. The average Bonchev–Trinajstić information content (AvgIpc) is 2.78. The monoisotopic (exact) mass is 243 g/mol. The number of nitrogens with zero attached hydrogens (tertiary/aromatic N) is 2. The molecule has 96 valence electrons. The number of rotatable bonds is 5. The number of benzene rings is 1. The van der Waals surface area contributed by atoms with Gasteiger partial charge >= 0.3 is 0 Å². The van der Waals surface area contributed by atoms with Gasteiger partial charge in [0.1, 0.15) is 0 Å². The van der Waals surface area contributed by atoms with Crippen molar-refractivity contribution in [2.24, 2.45) is 0 Å². The zero-order valence-corrected chi connectivity index (χ0v) is 11.4. The molecule has 0 amide bonds. The van der Waals surface area contributed by atoms with Crippen molar-refractivity contribution in [2.45, 2.75) is 33.7 Å². The van der Waals surface area contributed by atoms with Gasteiger partial charge < -0.3 is 5.32 Å². The summed E-state index contributed by atoms with van der Waals surface area (Å²) in [5, 5.41) is 7.81. The maximum atomic E-state index is 4.47. The Bertz CT molecular complexity index is 497. The van der Waals surface area contributed by atoms with Crippen LogP contribution in [0.3, 0.4) is 0 Å². The largest absolute Gasteiger partial charge is 0.313 e. The van der Waals surface area contributed by atoms with Gasteiger partial charge in [-0.25, -0.2) is 4.68 Å². The van der Waals surface area contributed by atoms with E-state index < -0.39 is 0 Å². The summed E-state index contributed by atoms with van der Waals surface area (Å²) < 4.78 is 2.01. The van der Waals surface area contributed by atoms with Gasteiger partial charge in [0, 0.05) is 17.8 Å². The lowest BCUT2D eigenvalue weighted by atomic mass is 10.1. The first-order valence-electron chi connectivity index (χ1n) is 6.59. The van der Waals surface area contributed by atoms with Crippen molar-refractivity contribution in [2.75, 3.05) is 6.54 Å². The molecule has 3 nitrogen and oxygen atoms in total. The van der Waals surface area contributed by atoms with E-state index in [1.54, 1.807) is 0 Å². The highest BCUT2D eigenvalue weighted by atomic mass is 15.3. The van der Waals surface area contributed by atoms with E-state index in [0.29, 0.717) is 0 Å². The Morgan fingerprint density at radius 2 is 1.89 bits per heavy atom. The molecule has 1 N–H and O–H groups in total. The molecule has 0 aliphatic heterocycles. The molecule has 0 radical (unpaired) electrons. The standard InChI is InChI=1S/C15H21N3/c1-4-13-6-8-15(9-7-13)18-12(3)14(11-17-18)10-16-5-2/h6-9,11,16H,4-5,10H2,1-3H3. The first-order chi connectivity index (χ1) is 8.76. The number of hydrogen-bond acceptors (Lipinski definition) is 2. The molecule has 2 rings (SSSR count). The lowest BCUT2D eigenvalue weighted by Gasteiger charge is -2.06. The van der Waals surface area contributed by atoms with Crippen LogP contribution in [-0.4, -0.2) is 16.3 Å². The van der Waals surface area contributed by atoms with Crippen molar-refractivity contribution in [3.63, 3.8) is 0 Å². The highest BCUT2D eigenvalue weighted by molar-refractivity contribution is 5.37. The van der Waals surface area contributed by atoms with E-state index >= 15 is 0 Å². The van der Waals surface area contributed by atoms with Crippen molar-refractivity contribution in [3.8, 4) is 5.69 Å². The van der Waals surface area contributed by atoms with Crippen LogP contribution in [0.15, 0.2) is 30.5 Å². The molecule has 2 aromatic rings. The number of aryl methyl sites for hydroxylation is 1. The van der Waals surface area contributed by atoms with E-state index in [1.807, 2.05) is 10.9 Å². The predicted octanol–water partition coefficient (Wildman–Crippen LogP) is 2.85. The molecule has 0 atom stereocenters. The van der Waals surface area contributed by atoms with Crippen LogP contribution in [0.1, 0.15) is 30.7 Å². The molecule has 1 heterocycles. The third-order valence-corrected chi connectivity index (χ3v) is 3.27. The minimum Gasteiger partial charge on any atom is -0.313 e. The van der Waals surface area contributed by atoms with E-state index in [2.05, 4.69) is 55.5 Å². The summed E-state index contributed by atoms with van der Waals surface area (Å²) in [4.78, 5) is 0. The quantitative estimate of drug-likeness (QED) is 0.875. The molecular weight excluding hydrogens is 222 g/mol. The Kier molecular flexibility index (Phi) is 4.15. The number of nitrogens with one attached hydrogen (secondary N) is 1. The molecule has 1 aromatic heterocycles. The molecule has 0 aliphatic rings. The first-order valence-corrected chi connectivity index (χ1v) is 6.59. The van der Waals surface area contributed by atoms with Gasteiger partial charge in [0.05, 0.1) is 11.9 Å². The first kappa shape index (κ1) is 12.8. The normalized spacial score (nSPS) is 10.8. The van der Waals surface area contributed by atoms with E-state index in [1.165, 1.54) is 16.8 Å². The zero-order chi connectivity index (χ0) is 13.0. The van der Waals surface area contributed by atoms with Gasteiger partial charge in [-0.15, -0.1) is 0 Å². The molecule has 1 aromatic carbocycles. The van der Waals surface area contributed by atoms with Gasteiger partial charge in [0.25, 0.3) is 0 Å². The molecule has 0 aliphatic carbocycles. The van der Waals surface area contributed by atoms with E-state index in [4.69, 9.17) is 0 Å². The second kappa shape index (κ2) is 5.83. The lowest BCUT2D eigenvalue weighted by molar-refractivity contribution is 0.721. The van der Waals surface area contributed by atoms with E-state index in [-0.39, 0.29) is 0 Å². The van der Waals surface area contributed by atoms with Crippen molar-refractivity contribution < 1.29 is 0 Å². The number of hydrogen-bond donors (Lipinski definition) is 1. The summed E-state index contributed by atoms with van der Waals surface area (Å²) in [6, 6.07) is 8.60. The highest BCUT2D eigenvalue weighted by Crippen LogP contribution is 2.15. The fourth-order valence-electron chi connectivity index (χ4n) is 2.01. The maximum Gasteiger partial charge on any atom is 0.0648 e. The van der Waals surface area contributed by atoms with Crippen LogP contribution in [0.25, 0.3) is 5.69 Å². The van der Waals surface area contributed by atoms with Crippen molar-refractivity contribution in [1.82, 2.24) is 15.1 Å². The maximum absolute atomic E-state index is 4.47. The molecule has 0 spiro atoms. The fraction of sp³-hybridized carbons (Fsp3) is 0.400. The minimum atomic E-state index is 0.884. The van der Waals surface area contributed by atoms with Crippen molar-refractivity contribution in [3.05, 3.63) is 47.3 Å². The summed E-state index contributed by atoms with van der Waals surface area (Å²) in [6.45, 7) is 8.27. The average molecular weight is 243 g/mol. The molecule has 18 heavy (non-hydrogen) atoms. The van der Waals surface area contributed by atoms with E-state index in [0.717, 1.165) is 25.2 Å². The Hall–Kier alpha value is -1.61. The number of aromatic nitrogens is 2. The Labute approximate surface area is 109 Å². The fourth-order valence-corrected chi connectivity index (χ4v) is 2.01. The van der Waals surface area contributed by atoms with Gasteiger partial charge in [-0.2, -0.15) is 5.10 Å². The van der Waals surface area contributed by atoms with Crippen LogP contribution in [-0.2, 0) is 13.0 Å². The SMILES string of the molecule is CCNCc1cnn(-c2ccc(CC)cc2)c1C. The van der Waals surface area contributed by atoms with Gasteiger partial charge in [-0.3, -0.25) is 0 Å². The van der Waals surface area contributed by atoms with E-state index in [9.17, 15) is 0 Å². The minimum absolute atomic E-state index is 0.884. The Morgan fingerprint density at radius 1 is 1.17 bits per heavy atom. The predicted molar refractivity (Wildman–Crippen MR) is 75.1 cm³/mol. The van der Waals surface area contributed by atoms with Crippen LogP contribution in [0.4, 0.5) is 0 Å². The summed E-state index contributed by atoms with van der Waals surface area (Å²) in [5.74, 6) is 0. The second-order valence-electron chi connectivity index (χ2n) is 4.47. The Balaban J connectivity index is 2.24. The summed E-state index contributed by atoms with van der Waals surface area (Å²) in [5.41, 5.74) is 4.96. The van der Waals surface area contributed by atoms with Crippen molar-refractivity contribution in [1.29, 1.82) is 0 Å². The lowest BCUT2D eigenvalue weighted by Crippen LogP contribution is -2.12. The molecule has 3 heteroatoms. The molecule has 0 unspecified atom stereocenters. The van der Waals surface area contributed by atoms with Gasteiger partial charge in [0.15, 0.2) is 0 Å².